The monoisotopic (exact) mass is 142 g/mol. The molecule has 0 aromatic rings. The van der Waals surface area contributed by atoms with Gasteiger partial charge in [-0.3, -0.25) is 0 Å². The number of halogens is 3. The van der Waals surface area contributed by atoms with E-state index >= 15 is 0 Å². The van der Waals surface area contributed by atoms with Crippen LogP contribution in [-0.2, 0) is 0 Å². The van der Waals surface area contributed by atoms with Gasteiger partial charge in [0.15, 0.2) is 0 Å². The van der Waals surface area contributed by atoms with E-state index in [2.05, 4.69) is 0 Å². The van der Waals surface area contributed by atoms with Crippen molar-refractivity contribution >= 4 is 0 Å². The van der Waals surface area contributed by atoms with E-state index in [9.17, 15) is 13.2 Å². The lowest BCUT2D eigenvalue weighted by Gasteiger charge is -1.73. The van der Waals surface area contributed by atoms with Gasteiger partial charge in [0.25, 0.3) is 0 Å². The quantitative estimate of drug-likeness (QED) is 0.589. The fraction of sp³-hybridized carbons (Fsp3) is 1.00. The third-order valence-corrected chi connectivity index (χ3v) is 0.955. The van der Waals surface area contributed by atoms with Gasteiger partial charge in [0.2, 0.25) is 0 Å². The molecule has 1 rings (SSSR count). The molecule has 1 aliphatic rings. The molecular formula is C5H9F3O. The second-order valence-electron chi connectivity index (χ2n) is 1.87. The summed E-state index contributed by atoms with van der Waals surface area (Å²) in [6, 6.07) is 0. The van der Waals surface area contributed by atoms with Gasteiger partial charge in [-0.05, 0) is 18.8 Å². The van der Waals surface area contributed by atoms with Crippen LogP contribution in [0, 0.1) is 5.92 Å². The molecule has 0 atom stereocenters. The van der Waals surface area contributed by atoms with E-state index in [0.29, 0.717) is 12.5 Å². The Bertz CT molecular complexity index is 60.5. The van der Waals surface area contributed by atoms with Crippen LogP contribution in [0.5, 0.6) is 0 Å². The largest absolute Gasteiger partial charge is 0.396 e. The Morgan fingerprint density at radius 1 is 1.33 bits per heavy atom. The lowest BCUT2D eigenvalue weighted by atomic mass is 10.5. The van der Waals surface area contributed by atoms with E-state index in [0.717, 1.165) is 0 Å². The van der Waals surface area contributed by atoms with Gasteiger partial charge in [-0.1, -0.05) is 0 Å². The first-order chi connectivity index (χ1) is 4.16. The Labute approximate surface area is 51.5 Å². The molecule has 0 aromatic carbocycles. The Balaban J connectivity index is 0.000000148. The molecule has 1 fully saturated rings. The van der Waals surface area contributed by atoms with Gasteiger partial charge >= 0.3 is 6.68 Å². The van der Waals surface area contributed by atoms with Crippen LogP contribution in [0.15, 0.2) is 0 Å². The third kappa shape index (κ3) is 11.4. The number of hydrogen-bond acceptors (Lipinski definition) is 1. The summed E-state index contributed by atoms with van der Waals surface area (Å²) in [4.78, 5) is 0. The van der Waals surface area contributed by atoms with Crippen molar-refractivity contribution in [3.63, 3.8) is 0 Å². The fourth-order valence-electron chi connectivity index (χ4n) is 0.300. The molecule has 1 nitrogen and oxygen atoms in total. The minimum Gasteiger partial charge on any atom is -0.396 e. The number of aliphatic hydroxyl groups is 1. The first kappa shape index (κ1) is 8.75. The van der Waals surface area contributed by atoms with Crippen molar-refractivity contribution in [2.75, 3.05) is 6.61 Å². The van der Waals surface area contributed by atoms with Crippen molar-refractivity contribution in [3.8, 4) is 0 Å². The Kier molecular flexibility index (Phi) is 4.48. The van der Waals surface area contributed by atoms with Crippen molar-refractivity contribution in [2.45, 2.75) is 19.5 Å². The molecule has 1 saturated carbocycles. The lowest BCUT2D eigenvalue weighted by molar-refractivity contribution is 0.00819. The van der Waals surface area contributed by atoms with Gasteiger partial charge in [0.05, 0.1) is 0 Å². The first-order valence-corrected chi connectivity index (χ1v) is 2.70. The average Bonchev–Trinajstić information content (AvgIpc) is 2.43. The maximum Gasteiger partial charge on any atom is 0.379 e. The predicted molar refractivity (Wildman–Crippen MR) is 26.9 cm³/mol. The summed E-state index contributed by atoms with van der Waals surface area (Å²) in [5.41, 5.74) is 0. The molecule has 0 heterocycles. The molecule has 9 heavy (non-hydrogen) atoms. The molecule has 4 heteroatoms. The number of rotatable bonds is 1. The summed E-state index contributed by atoms with van der Waals surface area (Å²) >= 11 is 0. The molecule has 56 valence electrons. The van der Waals surface area contributed by atoms with Crippen LogP contribution in [-0.4, -0.2) is 18.4 Å². The van der Waals surface area contributed by atoms with Crippen LogP contribution in [0.3, 0.4) is 0 Å². The van der Waals surface area contributed by atoms with E-state index in [-0.39, 0.29) is 0 Å². The van der Waals surface area contributed by atoms with Crippen molar-refractivity contribution in [3.05, 3.63) is 0 Å². The Hall–Kier alpha value is -0.250. The second kappa shape index (κ2) is 4.61. The van der Waals surface area contributed by atoms with E-state index in [1.165, 1.54) is 12.8 Å². The summed E-state index contributed by atoms with van der Waals surface area (Å²) < 4.78 is 29.0. The van der Waals surface area contributed by atoms with Gasteiger partial charge in [0.1, 0.15) is 0 Å². The molecule has 0 saturated heterocycles. The summed E-state index contributed by atoms with van der Waals surface area (Å²) in [7, 11) is 0. The van der Waals surface area contributed by atoms with Crippen LogP contribution in [0.2, 0.25) is 0 Å². The zero-order valence-electron chi connectivity index (χ0n) is 4.86. The topological polar surface area (TPSA) is 20.2 Å². The SMILES string of the molecule is FC(F)F.OCC1CC1. The molecule has 0 aromatic heterocycles. The van der Waals surface area contributed by atoms with Crippen LogP contribution >= 0.6 is 0 Å². The minimum absolute atomic E-state index is 0.417. The first-order valence-electron chi connectivity index (χ1n) is 2.70. The smallest absolute Gasteiger partial charge is 0.379 e. The molecule has 1 aliphatic carbocycles. The highest BCUT2D eigenvalue weighted by molar-refractivity contribution is 4.70. The van der Waals surface area contributed by atoms with E-state index < -0.39 is 6.68 Å². The second-order valence-corrected chi connectivity index (χ2v) is 1.87. The summed E-state index contributed by atoms with van der Waals surface area (Å²) in [6.45, 7) is -3.25. The zero-order chi connectivity index (χ0) is 7.28. The lowest BCUT2D eigenvalue weighted by Crippen LogP contribution is -1.78. The van der Waals surface area contributed by atoms with Crippen molar-refractivity contribution < 1.29 is 18.3 Å². The van der Waals surface area contributed by atoms with Gasteiger partial charge in [0, 0.05) is 6.61 Å². The molecule has 0 amide bonds. The average molecular weight is 142 g/mol. The normalized spacial score (nSPS) is 17.0. The summed E-state index contributed by atoms with van der Waals surface area (Å²) in [5.74, 6) is 0.690. The number of alkyl halides is 3. The molecule has 0 aliphatic heterocycles. The Morgan fingerprint density at radius 2 is 1.67 bits per heavy atom. The number of aliphatic hydroxyl groups excluding tert-OH is 1. The third-order valence-electron chi connectivity index (χ3n) is 0.955. The molecule has 1 N–H and O–H groups in total. The van der Waals surface area contributed by atoms with Gasteiger partial charge in [-0.25, -0.2) is 0 Å². The highest BCUT2D eigenvalue weighted by Gasteiger charge is 2.18. The molecule has 0 bridgehead atoms. The molecule has 0 spiro atoms. The Morgan fingerprint density at radius 3 is 1.67 bits per heavy atom. The fourth-order valence-corrected chi connectivity index (χ4v) is 0.300. The van der Waals surface area contributed by atoms with E-state index in [1.807, 2.05) is 0 Å². The maximum absolute atomic E-state index is 9.67. The van der Waals surface area contributed by atoms with Gasteiger partial charge < -0.3 is 5.11 Å². The zero-order valence-corrected chi connectivity index (χ0v) is 4.86. The standard InChI is InChI=1S/C4H8O.CHF3/c5-3-4-1-2-4;2-1(3)4/h4-5H,1-3H2;1H. The van der Waals surface area contributed by atoms with Crippen LogP contribution in [0.4, 0.5) is 13.2 Å². The highest BCUT2D eigenvalue weighted by Crippen LogP contribution is 2.27. The van der Waals surface area contributed by atoms with Crippen LogP contribution in [0.25, 0.3) is 0 Å². The van der Waals surface area contributed by atoms with Gasteiger partial charge in [-0.2, -0.15) is 13.2 Å². The van der Waals surface area contributed by atoms with Crippen LogP contribution < -0.4 is 0 Å². The maximum atomic E-state index is 9.67. The van der Waals surface area contributed by atoms with E-state index in [1.54, 1.807) is 0 Å². The highest BCUT2D eigenvalue weighted by atomic mass is 19.4. The molecular weight excluding hydrogens is 133 g/mol. The summed E-state index contributed by atoms with van der Waals surface area (Å²) in [5, 5.41) is 8.21. The molecule has 0 radical (unpaired) electrons. The van der Waals surface area contributed by atoms with Crippen molar-refractivity contribution in [1.29, 1.82) is 0 Å². The van der Waals surface area contributed by atoms with Crippen molar-refractivity contribution in [1.82, 2.24) is 0 Å². The summed E-state index contributed by atoms with van der Waals surface area (Å²) in [6.07, 6.45) is 2.52. The number of hydrogen-bond donors (Lipinski definition) is 1. The predicted octanol–water partition coefficient (Wildman–Crippen LogP) is 1.57. The van der Waals surface area contributed by atoms with E-state index in [4.69, 9.17) is 5.11 Å². The molecule has 0 unspecified atom stereocenters. The van der Waals surface area contributed by atoms with Crippen molar-refractivity contribution in [2.24, 2.45) is 5.92 Å². The minimum atomic E-state index is -3.67. The van der Waals surface area contributed by atoms with Crippen LogP contribution in [0.1, 0.15) is 12.8 Å². The van der Waals surface area contributed by atoms with Gasteiger partial charge in [-0.15, -0.1) is 0 Å².